The van der Waals surface area contributed by atoms with Gasteiger partial charge in [0.15, 0.2) is 0 Å². The molecule has 1 atom stereocenters. The molecule has 1 aromatic rings. The lowest BCUT2D eigenvalue weighted by Crippen LogP contribution is -2.35. The van der Waals surface area contributed by atoms with E-state index in [1.807, 2.05) is 0 Å². The molecule has 0 saturated carbocycles. The fourth-order valence-corrected chi connectivity index (χ4v) is 2.89. The molecule has 1 aromatic carbocycles. The van der Waals surface area contributed by atoms with Crippen LogP contribution in [0.1, 0.15) is 12.8 Å². The number of hydrogen-bond donors (Lipinski definition) is 1. The zero-order valence-electron chi connectivity index (χ0n) is 10.8. The molecule has 0 radical (unpaired) electrons. The maximum atomic E-state index is 3.57. The molecule has 0 bridgehead atoms. The average molecular weight is 250 g/mol. The van der Waals surface area contributed by atoms with Crippen LogP contribution in [-0.2, 0) is 0 Å². The van der Waals surface area contributed by atoms with Gasteiger partial charge in [-0.15, -0.1) is 11.8 Å². The zero-order valence-corrected chi connectivity index (χ0v) is 11.6. The van der Waals surface area contributed by atoms with Gasteiger partial charge in [-0.2, -0.15) is 0 Å². The van der Waals surface area contributed by atoms with Crippen molar-refractivity contribution in [1.82, 2.24) is 4.90 Å². The summed E-state index contributed by atoms with van der Waals surface area (Å²) in [5, 5.41) is 3.57. The second kappa shape index (κ2) is 6.31. The van der Waals surface area contributed by atoms with Crippen LogP contribution >= 0.6 is 11.8 Å². The third kappa shape index (κ3) is 3.93. The Labute approximate surface area is 109 Å². The van der Waals surface area contributed by atoms with Gasteiger partial charge in [0.1, 0.15) is 0 Å². The summed E-state index contributed by atoms with van der Waals surface area (Å²) in [6.45, 7) is 3.59. The van der Waals surface area contributed by atoms with Crippen molar-refractivity contribution >= 4 is 17.4 Å². The van der Waals surface area contributed by atoms with Gasteiger partial charge in [-0.3, -0.25) is 0 Å². The molecule has 94 valence electrons. The molecule has 1 saturated heterocycles. The highest BCUT2D eigenvalue weighted by Crippen LogP contribution is 2.20. The van der Waals surface area contributed by atoms with E-state index in [1.165, 1.54) is 36.5 Å². The van der Waals surface area contributed by atoms with Crippen molar-refractivity contribution in [2.75, 3.05) is 38.3 Å². The summed E-state index contributed by atoms with van der Waals surface area (Å²) in [5.41, 5.74) is 1.25. The van der Waals surface area contributed by atoms with Crippen LogP contribution < -0.4 is 5.32 Å². The van der Waals surface area contributed by atoms with Crippen molar-refractivity contribution in [3.05, 3.63) is 24.3 Å². The van der Waals surface area contributed by atoms with Gasteiger partial charge < -0.3 is 10.2 Å². The maximum Gasteiger partial charge on any atom is 0.0351 e. The Bertz CT molecular complexity index is 354. The Morgan fingerprint density at radius 2 is 2.35 bits per heavy atom. The van der Waals surface area contributed by atoms with Gasteiger partial charge in [-0.05, 0) is 56.8 Å². The van der Waals surface area contributed by atoms with Crippen molar-refractivity contribution in [3.63, 3.8) is 0 Å². The molecule has 0 aliphatic carbocycles. The lowest BCUT2D eigenvalue weighted by Gasteiger charge is -2.30. The molecule has 3 heteroatoms. The Morgan fingerprint density at radius 1 is 1.47 bits per heavy atom. The van der Waals surface area contributed by atoms with E-state index in [9.17, 15) is 0 Å². The van der Waals surface area contributed by atoms with E-state index in [0.717, 1.165) is 12.5 Å². The van der Waals surface area contributed by atoms with E-state index in [2.05, 4.69) is 47.8 Å². The number of nitrogens with zero attached hydrogens (tertiary/aromatic N) is 1. The Kier molecular flexibility index (Phi) is 4.75. The van der Waals surface area contributed by atoms with E-state index >= 15 is 0 Å². The molecule has 1 fully saturated rings. The number of hydrogen-bond acceptors (Lipinski definition) is 3. The zero-order chi connectivity index (χ0) is 12.1. The minimum Gasteiger partial charge on any atom is -0.385 e. The number of likely N-dealkylation sites (tertiary alicyclic amines) is 1. The molecule has 1 heterocycles. The minimum absolute atomic E-state index is 0.798. The molecule has 1 N–H and O–H groups in total. The highest BCUT2D eigenvalue weighted by molar-refractivity contribution is 7.98. The van der Waals surface area contributed by atoms with Crippen LogP contribution in [0.3, 0.4) is 0 Å². The summed E-state index contributed by atoms with van der Waals surface area (Å²) in [4.78, 5) is 3.77. The maximum absolute atomic E-state index is 3.57. The van der Waals surface area contributed by atoms with Gasteiger partial charge in [-0.1, -0.05) is 6.07 Å². The van der Waals surface area contributed by atoms with Crippen molar-refractivity contribution < 1.29 is 0 Å². The van der Waals surface area contributed by atoms with Crippen molar-refractivity contribution in [3.8, 4) is 0 Å². The Morgan fingerprint density at radius 3 is 3.12 bits per heavy atom. The molecule has 2 nitrogen and oxygen atoms in total. The third-order valence-electron chi connectivity index (χ3n) is 3.39. The van der Waals surface area contributed by atoms with Crippen LogP contribution in [0.4, 0.5) is 5.69 Å². The largest absolute Gasteiger partial charge is 0.385 e. The smallest absolute Gasteiger partial charge is 0.0351 e. The molecular formula is C14H22N2S. The van der Waals surface area contributed by atoms with Crippen LogP contribution in [0.15, 0.2) is 29.2 Å². The SMILES string of the molecule is CSc1cccc(NCC2CCCN(C)C2)c1. The predicted molar refractivity (Wildman–Crippen MR) is 76.9 cm³/mol. The van der Waals surface area contributed by atoms with Crippen LogP contribution in [0.2, 0.25) is 0 Å². The van der Waals surface area contributed by atoms with Gasteiger partial charge in [0.25, 0.3) is 0 Å². The first-order valence-electron chi connectivity index (χ1n) is 6.34. The first-order valence-corrected chi connectivity index (χ1v) is 7.57. The third-order valence-corrected chi connectivity index (χ3v) is 4.11. The van der Waals surface area contributed by atoms with E-state index in [4.69, 9.17) is 0 Å². The first-order chi connectivity index (χ1) is 8.28. The van der Waals surface area contributed by atoms with Crippen molar-refractivity contribution in [2.45, 2.75) is 17.7 Å². The average Bonchev–Trinajstić information content (AvgIpc) is 2.37. The number of anilines is 1. The number of rotatable bonds is 4. The number of nitrogens with one attached hydrogen (secondary N) is 1. The molecule has 1 aliphatic heterocycles. The Hall–Kier alpha value is -0.670. The normalized spacial score (nSPS) is 21.4. The highest BCUT2D eigenvalue weighted by atomic mass is 32.2. The quantitative estimate of drug-likeness (QED) is 0.826. The number of thioether (sulfide) groups is 1. The molecule has 0 aromatic heterocycles. The summed E-state index contributed by atoms with van der Waals surface area (Å²) < 4.78 is 0. The lowest BCUT2D eigenvalue weighted by atomic mass is 9.98. The molecular weight excluding hydrogens is 228 g/mol. The summed E-state index contributed by atoms with van der Waals surface area (Å²) >= 11 is 1.80. The van der Waals surface area contributed by atoms with Crippen LogP contribution in [0, 0.1) is 5.92 Å². The number of piperidine rings is 1. The van der Waals surface area contributed by atoms with E-state index in [0.29, 0.717) is 0 Å². The van der Waals surface area contributed by atoms with Gasteiger partial charge >= 0.3 is 0 Å². The number of benzene rings is 1. The van der Waals surface area contributed by atoms with Gasteiger partial charge in [0.05, 0.1) is 0 Å². The highest BCUT2D eigenvalue weighted by Gasteiger charge is 2.16. The first kappa shape index (κ1) is 12.8. The molecule has 1 aliphatic rings. The molecule has 1 unspecified atom stereocenters. The van der Waals surface area contributed by atoms with Crippen LogP contribution in [0.5, 0.6) is 0 Å². The summed E-state index contributed by atoms with van der Waals surface area (Å²) in [6.07, 6.45) is 4.82. The summed E-state index contributed by atoms with van der Waals surface area (Å²) in [7, 11) is 2.22. The van der Waals surface area contributed by atoms with Gasteiger partial charge in [0.2, 0.25) is 0 Å². The van der Waals surface area contributed by atoms with Crippen LogP contribution in [-0.4, -0.2) is 37.8 Å². The van der Waals surface area contributed by atoms with Gasteiger partial charge in [0, 0.05) is 23.7 Å². The monoisotopic (exact) mass is 250 g/mol. The van der Waals surface area contributed by atoms with E-state index in [-0.39, 0.29) is 0 Å². The molecule has 0 spiro atoms. The molecule has 0 amide bonds. The second-order valence-electron chi connectivity index (χ2n) is 4.88. The fraction of sp³-hybridized carbons (Fsp3) is 0.571. The van der Waals surface area contributed by atoms with Crippen LogP contribution in [0.25, 0.3) is 0 Å². The van der Waals surface area contributed by atoms with E-state index in [1.54, 1.807) is 11.8 Å². The topological polar surface area (TPSA) is 15.3 Å². The molecule has 17 heavy (non-hydrogen) atoms. The van der Waals surface area contributed by atoms with Crippen molar-refractivity contribution in [1.29, 1.82) is 0 Å². The second-order valence-corrected chi connectivity index (χ2v) is 5.76. The van der Waals surface area contributed by atoms with E-state index < -0.39 is 0 Å². The Balaban J connectivity index is 1.84. The standard InChI is InChI=1S/C14H22N2S/c1-16-8-4-5-12(11-16)10-15-13-6-3-7-14(9-13)17-2/h3,6-7,9,12,15H,4-5,8,10-11H2,1-2H3. The summed E-state index contributed by atoms with van der Waals surface area (Å²) in [5.74, 6) is 0.798. The minimum atomic E-state index is 0.798. The fourth-order valence-electron chi connectivity index (χ4n) is 2.44. The molecule has 2 rings (SSSR count). The van der Waals surface area contributed by atoms with Crippen molar-refractivity contribution in [2.24, 2.45) is 5.92 Å². The summed E-state index contributed by atoms with van der Waals surface area (Å²) in [6, 6.07) is 8.68. The van der Waals surface area contributed by atoms with Gasteiger partial charge in [-0.25, -0.2) is 0 Å². The predicted octanol–water partition coefficient (Wildman–Crippen LogP) is 3.16. The lowest BCUT2D eigenvalue weighted by molar-refractivity contribution is 0.217.